The molecule has 26 heavy (non-hydrogen) atoms. The summed E-state index contributed by atoms with van der Waals surface area (Å²) >= 11 is 0. The van der Waals surface area contributed by atoms with Crippen LogP contribution < -0.4 is 5.43 Å². The van der Waals surface area contributed by atoms with Crippen LogP contribution in [0.4, 0.5) is 13.2 Å². The highest BCUT2D eigenvalue weighted by Crippen LogP contribution is 2.33. The molecule has 0 saturated heterocycles. The van der Waals surface area contributed by atoms with Gasteiger partial charge in [0.15, 0.2) is 5.69 Å². The van der Waals surface area contributed by atoms with Gasteiger partial charge in [-0.3, -0.25) is 4.79 Å². The zero-order chi connectivity index (χ0) is 18.7. The Morgan fingerprint density at radius 3 is 2.54 bits per heavy atom. The molecule has 2 heterocycles. The number of amides is 1. The topological polar surface area (TPSA) is 64.2 Å². The molecule has 1 aromatic carbocycles. The van der Waals surface area contributed by atoms with Crippen LogP contribution in [-0.4, -0.2) is 26.5 Å². The lowest BCUT2D eigenvalue weighted by molar-refractivity contribution is -0.143. The maximum absolute atomic E-state index is 13.5. The number of halogens is 3. The number of para-hydroxylation sites is 1. The molecule has 1 N–H and O–H groups in total. The van der Waals surface area contributed by atoms with Gasteiger partial charge in [0.25, 0.3) is 5.91 Å². The Bertz CT molecular complexity index is 941. The molecule has 9 heteroatoms. The van der Waals surface area contributed by atoms with Crippen molar-refractivity contribution in [3.8, 4) is 5.69 Å². The Hall–Kier alpha value is -3.36. The minimum Gasteiger partial charge on any atom is -0.350 e. The molecule has 6 nitrogen and oxygen atoms in total. The normalized spacial score (nSPS) is 11.8. The van der Waals surface area contributed by atoms with Crippen molar-refractivity contribution < 1.29 is 18.0 Å². The largest absolute Gasteiger partial charge is 0.434 e. The van der Waals surface area contributed by atoms with E-state index in [-0.39, 0.29) is 5.69 Å². The summed E-state index contributed by atoms with van der Waals surface area (Å²) < 4.78 is 42.9. The number of hydrogen-bond donors (Lipinski definition) is 1. The molecule has 3 rings (SSSR count). The minimum absolute atomic E-state index is 0.200. The zero-order valence-corrected chi connectivity index (χ0v) is 13.6. The smallest absolute Gasteiger partial charge is 0.350 e. The van der Waals surface area contributed by atoms with Crippen molar-refractivity contribution in [2.45, 2.75) is 6.18 Å². The Balaban J connectivity index is 1.90. The first kappa shape index (κ1) is 17.5. The molecule has 2 aromatic heterocycles. The predicted octanol–water partition coefficient (Wildman–Crippen LogP) is 2.99. The van der Waals surface area contributed by atoms with E-state index in [1.165, 1.54) is 18.3 Å². The molecule has 0 spiro atoms. The first-order valence-corrected chi connectivity index (χ1v) is 7.53. The summed E-state index contributed by atoms with van der Waals surface area (Å²) in [6.45, 7) is 0. The van der Waals surface area contributed by atoms with E-state index >= 15 is 0 Å². The molecule has 0 atom stereocenters. The number of nitrogens with one attached hydrogen (secondary N) is 1. The number of aromatic nitrogens is 3. The standard InChI is InChI=1S/C17H14F3N5O/c1-24-9-5-8-13(24)10-21-23-16(26)14-11-22-25(15(14)17(18,19)20)12-6-3-2-4-7-12/h2-11H,1H3,(H,23,26)/b21-10-. The second-order valence-electron chi connectivity index (χ2n) is 5.40. The van der Waals surface area contributed by atoms with Crippen molar-refractivity contribution in [2.24, 2.45) is 12.1 Å². The SMILES string of the molecule is Cn1cccc1/C=N\NC(=O)c1cnn(-c2ccccc2)c1C(F)(F)F. The number of hydrogen-bond acceptors (Lipinski definition) is 3. The van der Waals surface area contributed by atoms with Gasteiger partial charge in [-0.05, 0) is 24.3 Å². The highest BCUT2D eigenvalue weighted by Gasteiger charge is 2.40. The van der Waals surface area contributed by atoms with Crippen LogP contribution in [0.15, 0.2) is 60.0 Å². The third-order valence-electron chi connectivity index (χ3n) is 3.63. The molecule has 0 radical (unpaired) electrons. The second-order valence-corrected chi connectivity index (χ2v) is 5.40. The van der Waals surface area contributed by atoms with Gasteiger partial charge in [-0.1, -0.05) is 18.2 Å². The number of rotatable bonds is 4. The molecule has 0 aliphatic rings. The Morgan fingerprint density at radius 2 is 1.92 bits per heavy atom. The number of carbonyl (C=O) groups excluding carboxylic acids is 1. The van der Waals surface area contributed by atoms with E-state index < -0.39 is 23.3 Å². The van der Waals surface area contributed by atoms with Gasteiger partial charge >= 0.3 is 6.18 Å². The summed E-state index contributed by atoms with van der Waals surface area (Å²) in [6.07, 6.45) is -0.772. The average Bonchev–Trinajstić information content (AvgIpc) is 3.22. The summed E-state index contributed by atoms with van der Waals surface area (Å²) in [5.74, 6) is -0.995. The third kappa shape index (κ3) is 3.51. The van der Waals surface area contributed by atoms with Crippen LogP contribution in [0.3, 0.4) is 0 Å². The summed E-state index contributed by atoms with van der Waals surface area (Å²) in [7, 11) is 1.77. The van der Waals surface area contributed by atoms with Gasteiger partial charge in [-0.25, -0.2) is 10.1 Å². The van der Waals surface area contributed by atoms with Gasteiger partial charge in [-0.2, -0.15) is 23.4 Å². The fraction of sp³-hybridized carbons (Fsp3) is 0.118. The van der Waals surface area contributed by atoms with E-state index in [4.69, 9.17) is 0 Å². The predicted molar refractivity (Wildman–Crippen MR) is 89.0 cm³/mol. The summed E-state index contributed by atoms with van der Waals surface area (Å²) in [6, 6.07) is 11.3. The lowest BCUT2D eigenvalue weighted by atomic mass is 10.2. The van der Waals surface area contributed by atoms with E-state index in [0.717, 1.165) is 6.20 Å². The highest BCUT2D eigenvalue weighted by molar-refractivity contribution is 5.96. The van der Waals surface area contributed by atoms with Crippen molar-refractivity contribution in [3.05, 3.63) is 71.8 Å². The van der Waals surface area contributed by atoms with Gasteiger partial charge in [0.1, 0.15) is 0 Å². The van der Waals surface area contributed by atoms with Crippen LogP contribution in [0.25, 0.3) is 5.69 Å². The van der Waals surface area contributed by atoms with Crippen LogP contribution in [-0.2, 0) is 13.2 Å². The Labute approximate surface area is 146 Å². The molecule has 0 aliphatic carbocycles. The number of hydrazone groups is 1. The molecule has 0 aliphatic heterocycles. The quantitative estimate of drug-likeness (QED) is 0.574. The molecular weight excluding hydrogens is 347 g/mol. The fourth-order valence-corrected chi connectivity index (χ4v) is 2.38. The number of carbonyl (C=O) groups is 1. The van der Waals surface area contributed by atoms with Crippen LogP contribution in [0, 0.1) is 0 Å². The first-order chi connectivity index (χ1) is 12.4. The van der Waals surface area contributed by atoms with Crippen molar-refractivity contribution in [1.82, 2.24) is 19.8 Å². The molecule has 3 aromatic rings. The van der Waals surface area contributed by atoms with Gasteiger partial charge in [-0.15, -0.1) is 0 Å². The Kier molecular flexibility index (Phi) is 4.61. The van der Waals surface area contributed by atoms with Crippen molar-refractivity contribution in [2.75, 3.05) is 0 Å². The van der Waals surface area contributed by atoms with E-state index in [2.05, 4.69) is 15.6 Å². The van der Waals surface area contributed by atoms with E-state index in [1.54, 1.807) is 48.1 Å². The first-order valence-electron chi connectivity index (χ1n) is 7.53. The minimum atomic E-state index is -4.76. The maximum Gasteiger partial charge on any atom is 0.434 e. The molecule has 1 amide bonds. The molecule has 0 fully saturated rings. The number of aryl methyl sites for hydroxylation is 1. The fourth-order valence-electron chi connectivity index (χ4n) is 2.38. The van der Waals surface area contributed by atoms with Crippen LogP contribution in [0.5, 0.6) is 0 Å². The van der Waals surface area contributed by atoms with Gasteiger partial charge in [0, 0.05) is 13.2 Å². The highest BCUT2D eigenvalue weighted by atomic mass is 19.4. The van der Waals surface area contributed by atoms with Crippen LogP contribution in [0.2, 0.25) is 0 Å². The maximum atomic E-state index is 13.5. The van der Waals surface area contributed by atoms with E-state index in [0.29, 0.717) is 10.4 Å². The lowest BCUT2D eigenvalue weighted by Gasteiger charge is -2.12. The number of benzene rings is 1. The lowest BCUT2D eigenvalue weighted by Crippen LogP contribution is -2.23. The Morgan fingerprint density at radius 1 is 1.19 bits per heavy atom. The summed E-state index contributed by atoms with van der Waals surface area (Å²) in [5.41, 5.74) is 1.22. The number of alkyl halides is 3. The van der Waals surface area contributed by atoms with Crippen molar-refractivity contribution in [1.29, 1.82) is 0 Å². The average molecular weight is 361 g/mol. The summed E-state index contributed by atoms with van der Waals surface area (Å²) in [4.78, 5) is 12.2. The second kappa shape index (κ2) is 6.87. The van der Waals surface area contributed by atoms with Crippen molar-refractivity contribution in [3.63, 3.8) is 0 Å². The molecule has 0 bridgehead atoms. The van der Waals surface area contributed by atoms with Crippen LogP contribution >= 0.6 is 0 Å². The molecule has 0 saturated carbocycles. The molecular formula is C17H14F3N5O. The monoisotopic (exact) mass is 361 g/mol. The molecule has 0 unspecified atom stereocenters. The third-order valence-corrected chi connectivity index (χ3v) is 3.63. The zero-order valence-electron chi connectivity index (χ0n) is 13.6. The van der Waals surface area contributed by atoms with Gasteiger partial charge in [0.05, 0.1) is 29.4 Å². The van der Waals surface area contributed by atoms with Gasteiger partial charge in [0.2, 0.25) is 0 Å². The number of nitrogens with zero attached hydrogens (tertiary/aromatic N) is 4. The van der Waals surface area contributed by atoms with E-state index in [1.807, 2.05) is 0 Å². The van der Waals surface area contributed by atoms with Gasteiger partial charge < -0.3 is 4.57 Å². The summed E-state index contributed by atoms with van der Waals surface area (Å²) in [5, 5.41) is 7.43. The van der Waals surface area contributed by atoms with E-state index in [9.17, 15) is 18.0 Å². The van der Waals surface area contributed by atoms with Crippen LogP contribution in [0.1, 0.15) is 21.7 Å². The van der Waals surface area contributed by atoms with Crippen molar-refractivity contribution >= 4 is 12.1 Å². The molecule has 134 valence electrons.